The fourth-order valence-electron chi connectivity index (χ4n) is 3.99. The molecular weight excluding hydrogens is 366 g/mol. The quantitative estimate of drug-likeness (QED) is 0.608. The third-order valence-electron chi connectivity index (χ3n) is 4.99. The van der Waals surface area contributed by atoms with Crippen molar-refractivity contribution in [1.82, 2.24) is 10.2 Å². The van der Waals surface area contributed by atoms with Crippen LogP contribution in [0.5, 0.6) is 5.88 Å². The van der Waals surface area contributed by atoms with Crippen LogP contribution in [-0.2, 0) is 24.5 Å². The number of nitrogens with zero attached hydrogens (tertiary/aromatic N) is 2. The van der Waals surface area contributed by atoms with Crippen molar-refractivity contribution in [2.45, 2.75) is 12.3 Å². The number of carbonyl (C=O) groups excluding carboxylic acids is 3. The molecule has 144 valence electrons. The number of benzene rings is 1. The number of rotatable bonds is 3. The summed E-state index contributed by atoms with van der Waals surface area (Å²) in [4.78, 5) is 39.4. The van der Waals surface area contributed by atoms with E-state index in [1.54, 1.807) is 31.2 Å². The second kappa shape index (κ2) is 5.84. The molecule has 0 radical (unpaired) electrons. The van der Waals surface area contributed by atoms with Crippen LogP contribution in [-0.4, -0.2) is 41.6 Å². The molecule has 28 heavy (non-hydrogen) atoms. The van der Waals surface area contributed by atoms with Gasteiger partial charge in [0.05, 0.1) is 12.7 Å². The number of hydrogen-bond acceptors (Lipinski definition) is 7. The van der Waals surface area contributed by atoms with E-state index in [1.165, 1.54) is 12.0 Å². The number of aryl methyl sites for hydroxylation is 1. The van der Waals surface area contributed by atoms with Gasteiger partial charge in [0, 0.05) is 16.9 Å². The van der Waals surface area contributed by atoms with Gasteiger partial charge in [0.15, 0.2) is 0 Å². The summed E-state index contributed by atoms with van der Waals surface area (Å²) >= 11 is 0. The SMILES string of the molecule is COC(=O)C1=C(N)Oc2n[nH]c(C)c2C12C(=O)N(CC(N)=O)c1ccccc12. The fraction of sp³-hybridized carbons (Fsp3) is 0.222. The van der Waals surface area contributed by atoms with Crippen LogP contribution in [0.15, 0.2) is 35.7 Å². The zero-order valence-corrected chi connectivity index (χ0v) is 15.1. The van der Waals surface area contributed by atoms with E-state index in [1.807, 2.05) is 0 Å². The third-order valence-corrected chi connectivity index (χ3v) is 4.99. The number of esters is 1. The molecular formula is C18H17N5O5. The molecule has 1 unspecified atom stereocenters. The molecule has 1 aromatic carbocycles. The van der Waals surface area contributed by atoms with Crippen molar-refractivity contribution in [3.63, 3.8) is 0 Å². The number of aromatic amines is 1. The van der Waals surface area contributed by atoms with E-state index in [9.17, 15) is 14.4 Å². The van der Waals surface area contributed by atoms with Crippen LogP contribution in [0.4, 0.5) is 5.69 Å². The Morgan fingerprint density at radius 3 is 2.75 bits per heavy atom. The summed E-state index contributed by atoms with van der Waals surface area (Å²) in [6.07, 6.45) is 0. The van der Waals surface area contributed by atoms with E-state index in [0.29, 0.717) is 22.5 Å². The summed E-state index contributed by atoms with van der Waals surface area (Å²) in [6, 6.07) is 6.79. The van der Waals surface area contributed by atoms with Crippen LogP contribution in [0.3, 0.4) is 0 Å². The van der Waals surface area contributed by atoms with E-state index in [-0.39, 0.29) is 23.9 Å². The molecule has 0 aliphatic carbocycles. The number of nitrogens with two attached hydrogens (primary N) is 2. The van der Waals surface area contributed by atoms with Crippen LogP contribution >= 0.6 is 0 Å². The topological polar surface area (TPSA) is 154 Å². The first-order valence-electron chi connectivity index (χ1n) is 8.35. The number of primary amides is 1. The van der Waals surface area contributed by atoms with Gasteiger partial charge in [-0.25, -0.2) is 4.79 Å². The van der Waals surface area contributed by atoms with Crippen molar-refractivity contribution < 1.29 is 23.9 Å². The van der Waals surface area contributed by atoms with Crippen LogP contribution in [0.25, 0.3) is 0 Å². The van der Waals surface area contributed by atoms with Gasteiger partial charge in [-0.1, -0.05) is 18.2 Å². The molecule has 3 heterocycles. The predicted molar refractivity (Wildman–Crippen MR) is 96.0 cm³/mol. The Morgan fingerprint density at radius 1 is 1.36 bits per heavy atom. The molecule has 2 amide bonds. The summed E-state index contributed by atoms with van der Waals surface area (Å²) in [5, 5.41) is 6.83. The summed E-state index contributed by atoms with van der Waals surface area (Å²) < 4.78 is 10.4. The lowest BCUT2D eigenvalue weighted by Gasteiger charge is -2.34. The van der Waals surface area contributed by atoms with Crippen molar-refractivity contribution in [3.8, 4) is 5.88 Å². The second-order valence-corrected chi connectivity index (χ2v) is 6.49. The molecule has 2 aliphatic heterocycles. The Balaban J connectivity index is 2.13. The number of amides is 2. The number of anilines is 1. The smallest absolute Gasteiger partial charge is 0.340 e. The maximum Gasteiger partial charge on any atom is 0.340 e. The number of para-hydroxylation sites is 1. The lowest BCUT2D eigenvalue weighted by atomic mass is 9.68. The van der Waals surface area contributed by atoms with E-state index >= 15 is 0 Å². The van der Waals surface area contributed by atoms with Crippen molar-refractivity contribution in [2.75, 3.05) is 18.6 Å². The second-order valence-electron chi connectivity index (χ2n) is 6.49. The van der Waals surface area contributed by atoms with Gasteiger partial charge in [0.2, 0.25) is 23.6 Å². The first-order chi connectivity index (χ1) is 13.3. The van der Waals surface area contributed by atoms with E-state index in [4.69, 9.17) is 20.9 Å². The highest BCUT2D eigenvalue weighted by Gasteiger charge is 2.62. The molecule has 0 saturated carbocycles. The van der Waals surface area contributed by atoms with Crippen molar-refractivity contribution in [1.29, 1.82) is 0 Å². The summed E-state index contributed by atoms with van der Waals surface area (Å²) in [5.41, 5.74) is 11.3. The largest absolute Gasteiger partial charge is 0.465 e. The minimum Gasteiger partial charge on any atom is -0.465 e. The van der Waals surface area contributed by atoms with E-state index in [2.05, 4.69) is 10.2 Å². The summed E-state index contributed by atoms with van der Waals surface area (Å²) in [7, 11) is 1.18. The van der Waals surface area contributed by atoms with Crippen molar-refractivity contribution in [3.05, 3.63) is 52.5 Å². The van der Waals surface area contributed by atoms with Crippen LogP contribution < -0.4 is 21.1 Å². The Hall–Kier alpha value is -3.82. The standard InChI is InChI=1S/C18H17N5O5/c1-8-12-15(22-21-8)28-14(20)13(16(25)27-2)18(12)9-5-3-4-6-10(9)23(17(18)26)7-11(19)24/h3-6H,7,20H2,1-2H3,(H2,19,24)(H,21,22). The molecule has 5 N–H and O–H groups in total. The van der Waals surface area contributed by atoms with E-state index < -0.39 is 23.2 Å². The normalized spacial score (nSPS) is 20.1. The Labute approximate surface area is 159 Å². The van der Waals surface area contributed by atoms with E-state index in [0.717, 1.165) is 0 Å². The van der Waals surface area contributed by atoms with Gasteiger partial charge in [0.1, 0.15) is 17.5 Å². The Bertz CT molecular complexity index is 1070. The predicted octanol–water partition coefficient (Wildman–Crippen LogP) is -0.428. The maximum absolute atomic E-state index is 13.8. The number of nitrogens with one attached hydrogen (secondary N) is 1. The van der Waals surface area contributed by atoms with Crippen LogP contribution in [0.1, 0.15) is 16.8 Å². The fourth-order valence-corrected chi connectivity index (χ4v) is 3.99. The highest BCUT2D eigenvalue weighted by Crippen LogP contribution is 2.55. The van der Waals surface area contributed by atoms with Gasteiger partial charge in [0.25, 0.3) is 0 Å². The highest BCUT2D eigenvalue weighted by molar-refractivity contribution is 6.19. The number of ether oxygens (including phenoxy) is 2. The first-order valence-corrected chi connectivity index (χ1v) is 8.35. The number of fused-ring (bicyclic) bond motifs is 4. The monoisotopic (exact) mass is 383 g/mol. The number of hydrogen-bond donors (Lipinski definition) is 3. The van der Waals surface area contributed by atoms with Gasteiger partial charge in [-0.15, -0.1) is 5.10 Å². The summed E-state index contributed by atoms with van der Waals surface area (Å²) in [5.74, 6) is -2.31. The van der Waals surface area contributed by atoms with Gasteiger partial charge >= 0.3 is 5.97 Å². The average Bonchev–Trinajstić information content (AvgIpc) is 3.13. The van der Waals surface area contributed by atoms with Gasteiger partial charge in [-0.05, 0) is 13.0 Å². The maximum atomic E-state index is 13.8. The lowest BCUT2D eigenvalue weighted by molar-refractivity contribution is -0.138. The molecule has 0 bridgehead atoms. The molecule has 4 rings (SSSR count). The lowest BCUT2D eigenvalue weighted by Crippen LogP contribution is -2.50. The number of methoxy groups -OCH3 is 1. The van der Waals surface area contributed by atoms with Gasteiger partial charge < -0.3 is 25.8 Å². The molecule has 1 aromatic heterocycles. The molecule has 2 aliphatic rings. The van der Waals surface area contributed by atoms with Crippen LogP contribution in [0, 0.1) is 6.92 Å². The Morgan fingerprint density at radius 2 is 2.07 bits per heavy atom. The molecule has 0 fully saturated rings. The minimum atomic E-state index is -1.67. The van der Waals surface area contributed by atoms with Crippen molar-refractivity contribution in [2.24, 2.45) is 11.5 Å². The first kappa shape index (κ1) is 17.6. The third kappa shape index (κ3) is 2.02. The number of H-pyrrole nitrogens is 1. The number of aromatic nitrogens is 2. The average molecular weight is 383 g/mol. The van der Waals surface area contributed by atoms with Crippen molar-refractivity contribution >= 4 is 23.5 Å². The van der Waals surface area contributed by atoms with Gasteiger partial charge in [-0.3, -0.25) is 14.7 Å². The minimum absolute atomic E-state index is 0.0757. The number of carbonyl (C=O) groups is 3. The molecule has 10 nitrogen and oxygen atoms in total. The highest BCUT2D eigenvalue weighted by atomic mass is 16.5. The van der Waals surface area contributed by atoms with Gasteiger partial charge in [-0.2, -0.15) is 0 Å². The van der Waals surface area contributed by atoms with Crippen LogP contribution in [0.2, 0.25) is 0 Å². The molecule has 1 atom stereocenters. The summed E-state index contributed by atoms with van der Waals surface area (Å²) in [6.45, 7) is 1.33. The zero-order valence-electron chi connectivity index (χ0n) is 15.1. The molecule has 1 spiro atoms. The molecule has 2 aromatic rings. The zero-order chi connectivity index (χ0) is 20.2. The Kier molecular flexibility index (Phi) is 3.67. The molecule has 10 heteroatoms. The molecule has 0 saturated heterocycles.